The quantitative estimate of drug-likeness (QED) is 0.176. The fourth-order valence-electron chi connectivity index (χ4n) is 8.41. The summed E-state index contributed by atoms with van der Waals surface area (Å²) in [7, 11) is 0. The lowest BCUT2D eigenvalue weighted by atomic mass is 10.0. The second-order valence-electron chi connectivity index (χ2n) is 14.4. The molecule has 0 unspecified atom stereocenters. The van der Waals surface area contributed by atoms with E-state index < -0.39 is 0 Å². The Labute approximate surface area is 330 Å². The number of nitrogens with zero attached hydrogens (tertiary/aromatic N) is 4. The van der Waals surface area contributed by atoms with Gasteiger partial charge in [-0.3, -0.25) is 0 Å². The van der Waals surface area contributed by atoms with Crippen LogP contribution in [0.25, 0.3) is 115 Å². The van der Waals surface area contributed by atoms with Gasteiger partial charge in [0.05, 0.1) is 11.0 Å². The van der Waals surface area contributed by atoms with E-state index >= 15 is 0 Å². The minimum atomic E-state index is 0.642. The number of para-hydroxylation sites is 2. The van der Waals surface area contributed by atoms with Gasteiger partial charge in [-0.15, -0.1) is 11.3 Å². The molecule has 0 spiro atoms. The maximum Gasteiger partial charge on any atom is 0.164 e. The molecule has 0 radical (unpaired) electrons. The zero-order valence-electron chi connectivity index (χ0n) is 30.4. The second-order valence-corrected chi connectivity index (χ2v) is 15.5. The summed E-state index contributed by atoms with van der Waals surface area (Å²) in [4.78, 5) is 15.5. The van der Waals surface area contributed by atoms with Gasteiger partial charge in [0.15, 0.2) is 17.5 Å². The molecule has 12 rings (SSSR count). The largest absolute Gasteiger partial charge is 0.456 e. The summed E-state index contributed by atoms with van der Waals surface area (Å²) in [6.07, 6.45) is 0. The van der Waals surface area contributed by atoms with Crippen molar-refractivity contribution in [2.24, 2.45) is 0 Å². The zero-order chi connectivity index (χ0) is 37.5. The topological polar surface area (TPSA) is 56.7 Å². The summed E-state index contributed by atoms with van der Waals surface area (Å²) >= 11 is 1.80. The van der Waals surface area contributed by atoms with E-state index in [1.165, 1.54) is 25.6 Å². The number of rotatable bonds is 5. The summed E-state index contributed by atoms with van der Waals surface area (Å²) < 4.78 is 11.0. The van der Waals surface area contributed by atoms with Crippen molar-refractivity contribution in [1.29, 1.82) is 0 Å². The number of hydrogen-bond donors (Lipinski definition) is 0. The van der Waals surface area contributed by atoms with E-state index in [-0.39, 0.29) is 0 Å². The molecular formula is C51H30N4OS. The summed E-state index contributed by atoms with van der Waals surface area (Å²) in [6.45, 7) is 0. The smallest absolute Gasteiger partial charge is 0.164 e. The van der Waals surface area contributed by atoms with E-state index in [9.17, 15) is 0 Å². The van der Waals surface area contributed by atoms with E-state index in [4.69, 9.17) is 19.4 Å². The van der Waals surface area contributed by atoms with Crippen LogP contribution >= 0.6 is 11.3 Å². The van der Waals surface area contributed by atoms with Gasteiger partial charge in [0.2, 0.25) is 0 Å². The Morgan fingerprint density at radius 3 is 1.74 bits per heavy atom. The Morgan fingerprint density at radius 2 is 0.965 bits per heavy atom. The molecular weight excluding hydrogens is 717 g/mol. The molecule has 0 atom stereocenters. The lowest BCUT2D eigenvalue weighted by Crippen LogP contribution is -2.01. The number of benzene rings is 8. The average molecular weight is 747 g/mol. The predicted molar refractivity (Wildman–Crippen MR) is 236 cm³/mol. The van der Waals surface area contributed by atoms with Crippen molar-refractivity contribution in [1.82, 2.24) is 19.5 Å². The van der Waals surface area contributed by atoms with Crippen molar-refractivity contribution in [2.75, 3.05) is 0 Å². The zero-order valence-corrected chi connectivity index (χ0v) is 31.2. The van der Waals surface area contributed by atoms with Crippen LogP contribution < -0.4 is 0 Å². The number of hydrogen-bond acceptors (Lipinski definition) is 5. The third-order valence-corrected chi connectivity index (χ3v) is 12.2. The molecule has 0 saturated carbocycles. The molecule has 8 aromatic carbocycles. The van der Waals surface area contributed by atoms with Gasteiger partial charge in [-0.1, -0.05) is 127 Å². The standard InChI is InChI=1S/C51H30N4OS/c1-3-13-31(14-4-1)49-52-50(32-15-5-2-6-16-32)54-51(53-49)41-29-35(30-47-48(41)38-19-9-12-22-46(38)57-47)55-42-20-10-7-17-36(42)39-27-33(23-25-43(39)55)34-24-26-45-40(28-34)37-18-8-11-21-44(37)56-45/h1-30H. The van der Waals surface area contributed by atoms with Crippen LogP contribution in [0, 0.1) is 0 Å². The van der Waals surface area contributed by atoms with Gasteiger partial charge in [-0.25, -0.2) is 15.0 Å². The molecule has 12 aromatic rings. The first-order valence-electron chi connectivity index (χ1n) is 19.0. The van der Waals surface area contributed by atoms with Crippen LogP contribution in [0.2, 0.25) is 0 Å². The number of aromatic nitrogens is 4. The van der Waals surface area contributed by atoms with Gasteiger partial charge < -0.3 is 8.98 Å². The first kappa shape index (κ1) is 31.9. The van der Waals surface area contributed by atoms with Crippen LogP contribution in [0.1, 0.15) is 0 Å². The number of thiophene rings is 1. The number of furan rings is 1. The van der Waals surface area contributed by atoms with Gasteiger partial charge in [0.25, 0.3) is 0 Å². The predicted octanol–water partition coefficient (Wildman–Crippen LogP) is 13.9. The SMILES string of the molecule is c1ccc(-c2nc(-c3ccccc3)nc(-c3cc(-n4c5ccccc5c5cc(-c6ccc7oc8ccccc8c7c6)ccc54)cc4sc5ccccc5c34)n2)cc1. The monoisotopic (exact) mass is 746 g/mol. The molecule has 266 valence electrons. The molecule has 0 aliphatic carbocycles. The highest BCUT2D eigenvalue weighted by Gasteiger charge is 2.21. The molecule has 0 aliphatic heterocycles. The van der Waals surface area contributed by atoms with Crippen molar-refractivity contribution in [3.8, 4) is 51.0 Å². The number of fused-ring (bicyclic) bond motifs is 9. The molecule has 0 N–H and O–H groups in total. The maximum absolute atomic E-state index is 6.16. The summed E-state index contributed by atoms with van der Waals surface area (Å²) in [5, 5.41) is 6.98. The molecule has 0 saturated heterocycles. The molecule has 6 heteroatoms. The van der Waals surface area contributed by atoms with E-state index in [1.54, 1.807) is 11.3 Å². The Morgan fingerprint density at radius 1 is 0.386 bits per heavy atom. The van der Waals surface area contributed by atoms with E-state index in [2.05, 4.69) is 138 Å². The van der Waals surface area contributed by atoms with Crippen LogP contribution in [0.5, 0.6) is 0 Å². The van der Waals surface area contributed by atoms with Crippen molar-refractivity contribution in [3.05, 3.63) is 182 Å². The van der Waals surface area contributed by atoms with Gasteiger partial charge in [0.1, 0.15) is 11.2 Å². The van der Waals surface area contributed by atoms with Gasteiger partial charge in [0, 0.05) is 64.1 Å². The van der Waals surface area contributed by atoms with Crippen LogP contribution in [-0.4, -0.2) is 19.5 Å². The highest BCUT2D eigenvalue weighted by Crippen LogP contribution is 2.44. The molecule has 0 fully saturated rings. The van der Waals surface area contributed by atoms with Crippen LogP contribution in [0.3, 0.4) is 0 Å². The maximum atomic E-state index is 6.16. The van der Waals surface area contributed by atoms with Gasteiger partial charge in [-0.05, 0) is 65.7 Å². The van der Waals surface area contributed by atoms with Gasteiger partial charge >= 0.3 is 0 Å². The Hall–Kier alpha value is -7.41. The molecule has 5 nitrogen and oxygen atoms in total. The van der Waals surface area contributed by atoms with Crippen molar-refractivity contribution < 1.29 is 4.42 Å². The molecule has 57 heavy (non-hydrogen) atoms. The minimum Gasteiger partial charge on any atom is -0.456 e. The van der Waals surface area contributed by atoms with Crippen LogP contribution in [-0.2, 0) is 0 Å². The van der Waals surface area contributed by atoms with E-state index in [0.717, 1.165) is 71.9 Å². The molecule has 4 aromatic heterocycles. The third kappa shape index (κ3) is 5.12. The normalized spacial score (nSPS) is 11.9. The summed E-state index contributed by atoms with van der Waals surface area (Å²) in [6, 6.07) is 63.9. The average Bonchev–Trinajstić information content (AvgIpc) is 3.95. The summed E-state index contributed by atoms with van der Waals surface area (Å²) in [5.74, 6) is 1.93. The van der Waals surface area contributed by atoms with Crippen molar-refractivity contribution in [2.45, 2.75) is 0 Å². The lowest BCUT2D eigenvalue weighted by molar-refractivity contribution is 0.669. The van der Waals surface area contributed by atoms with Crippen LogP contribution in [0.15, 0.2) is 186 Å². The highest BCUT2D eigenvalue weighted by atomic mass is 32.1. The van der Waals surface area contributed by atoms with Crippen LogP contribution in [0.4, 0.5) is 0 Å². The second kappa shape index (κ2) is 12.6. The summed E-state index contributed by atoms with van der Waals surface area (Å²) in [5.41, 5.74) is 10.3. The van der Waals surface area contributed by atoms with Gasteiger partial charge in [-0.2, -0.15) is 0 Å². The van der Waals surface area contributed by atoms with Crippen molar-refractivity contribution >= 4 is 75.3 Å². The fourth-order valence-corrected chi connectivity index (χ4v) is 9.58. The molecule has 4 heterocycles. The first-order chi connectivity index (χ1) is 28.2. The Bertz CT molecular complexity index is 3470. The Kier molecular flexibility index (Phi) is 7.03. The Balaban J connectivity index is 1.10. The lowest BCUT2D eigenvalue weighted by Gasteiger charge is -2.13. The molecule has 0 amide bonds. The minimum absolute atomic E-state index is 0.642. The molecule has 0 bridgehead atoms. The van der Waals surface area contributed by atoms with E-state index in [1.807, 2.05) is 48.5 Å². The first-order valence-corrected chi connectivity index (χ1v) is 19.8. The fraction of sp³-hybridized carbons (Fsp3) is 0. The highest BCUT2D eigenvalue weighted by molar-refractivity contribution is 7.26. The third-order valence-electron chi connectivity index (χ3n) is 11.0. The van der Waals surface area contributed by atoms with Crippen molar-refractivity contribution in [3.63, 3.8) is 0 Å². The molecule has 0 aliphatic rings. The van der Waals surface area contributed by atoms with E-state index in [0.29, 0.717) is 17.5 Å².